The highest BCUT2D eigenvalue weighted by Crippen LogP contribution is 2.32. The van der Waals surface area contributed by atoms with Crippen LogP contribution in [0.1, 0.15) is 17.8 Å². The number of ether oxygens (including phenoxy) is 1. The lowest BCUT2D eigenvalue weighted by Crippen LogP contribution is -2.50. The van der Waals surface area contributed by atoms with E-state index < -0.39 is 43.0 Å². The molecule has 0 bridgehead atoms. The summed E-state index contributed by atoms with van der Waals surface area (Å²) in [6.07, 6.45) is 0.0691. The Balaban J connectivity index is 1.57. The van der Waals surface area contributed by atoms with Crippen molar-refractivity contribution in [3.05, 3.63) is 54.5 Å². The maximum atomic E-state index is 12.6. The number of carbonyl (C=O) groups excluding carboxylic acids is 1. The number of fused-ring (bicyclic) bond motifs is 1. The van der Waals surface area contributed by atoms with E-state index in [2.05, 4.69) is 15.3 Å². The average molecular weight is 398 g/mol. The van der Waals surface area contributed by atoms with Gasteiger partial charge in [0.1, 0.15) is 23.8 Å². The number of pyridine rings is 1. The number of amides is 1. The van der Waals surface area contributed by atoms with Crippen molar-refractivity contribution in [3.63, 3.8) is 0 Å². The molecular weight excluding hydrogens is 376 g/mol. The zero-order chi connectivity index (χ0) is 20.5. The molecule has 5 atom stereocenters. The summed E-state index contributed by atoms with van der Waals surface area (Å²) in [6, 6.07) is 8.71. The number of nitrogens with two attached hydrogens (primary N) is 2. The van der Waals surface area contributed by atoms with Gasteiger partial charge in [0.05, 0.1) is 24.7 Å². The van der Waals surface area contributed by atoms with Crippen LogP contribution in [0.25, 0.3) is 11.2 Å². The first-order valence-corrected chi connectivity index (χ1v) is 9.13. The Morgan fingerprint density at radius 2 is 2.03 bits per heavy atom. The van der Waals surface area contributed by atoms with Gasteiger partial charge in [-0.15, -0.1) is 0 Å². The number of aromatic nitrogens is 3. The van der Waals surface area contributed by atoms with Gasteiger partial charge < -0.3 is 31.7 Å². The highest BCUT2D eigenvalue weighted by Gasteiger charge is 2.46. The van der Waals surface area contributed by atoms with Crippen molar-refractivity contribution >= 4 is 22.8 Å². The van der Waals surface area contributed by atoms with Crippen LogP contribution in [0.5, 0.6) is 0 Å². The van der Waals surface area contributed by atoms with Crippen LogP contribution >= 0.6 is 0 Å². The van der Waals surface area contributed by atoms with Gasteiger partial charge in [-0.05, 0) is 11.6 Å². The van der Waals surface area contributed by atoms with E-state index >= 15 is 0 Å². The Morgan fingerprint density at radius 1 is 1.28 bits per heavy atom. The number of hydrogen-bond donors (Lipinski definition) is 5. The van der Waals surface area contributed by atoms with E-state index in [1.54, 1.807) is 30.3 Å². The smallest absolute Gasteiger partial charge is 0.241 e. The predicted molar refractivity (Wildman–Crippen MR) is 104 cm³/mol. The van der Waals surface area contributed by atoms with Gasteiger partial charge in [-0.2, -0.15) is 0 Å². The maximum Gasteiger partial charge on any atom is 0.241 e. The highest BCUT2D eigenvalue weighted by atomic mass is 16.5. The normalized spacial score (nSPS) is 25.2. The fraction of sp³-hybridized carbons (Fsp3) is 0.316. The lowest BCUT2D eigenvalue weighted by atomic mass is 10.0. The fourth-order valence-electron chi connectivity index (χ4n) is 3.51. The van der Waals surface area contributed by atoms with Crippen LogP contribution in [-0.4, -0.2) is 55.5 Å². The second-order valence-corrected chi connectivity index (χ2v) is 6.89. The Hall–Kier alpha value is -3.05. The molecule has 0 spiro atoms. The second kappa shape index (κ2) is 7.76. The average Bonchev–Trinajstić information content (AvgIpc) is 3.30. The number of carbonyl (C=O) groups is 1. The van der Waals surface area contributed by atoms with Crippen molar-refractivity contribution in [3.8, 4) is 0 Å². The monoisotopic (exact) mass is 398 g/mol. The van der Waals surface area contributed by atoms with Crippen LogP contribution in [0, 0.1) is 0 Å². The molecule has 2 unspecified atom stereocenters. The van der Waals surface area contributed by atoms with E-state index in [4.69, 9.17) is 16.2 Å². The first-order valence-electron chi connectivity index (χ1n) is 9.13. The Bertz CT molecular complexity index is 1010. The minimum atomic E-state index is -1.17. The van der Waals surface area contributed by atoms with E-state index in [0.29, 0.717) is 22.4 Å². The molecular formula is C19H22N6O4. The molecule has 1 aromatic carbocycles. The van der Waals surface area contributed by atoms with Gasteiger partial charge >= 0.3 is 0 Å². The number of benzene rings is 1. The number of imidazole rings is 1. The van der Waals surface area contributed by atoms with E-state index in [1.165, 1.54) is 17.1 Å². The molecule has 1 amide bonds. The molecule has 2 aromatic heterocycles. The molecule has 1 saturated heterocycles. The zero-order valence-electron chi connectivity index (χ0n) is 15.4. The van der Waals surface area contributed by atoms with Crippen molar-refractivity contribution in [1.29, 1.82) is 0 Å². The third-order valence-electron chi connectivity index (χ3n) is 5.07. The number of aliphatic hydroxyl groups excluding tert-OH is 2. The molecule has 1 aliphatic rings. The summed E-state index contributed by atoms with van der Waals surface area (Å²) in [5.41, 5.74) is 13.9. The van der Waals surface area contributed by atoms with Gasteiger partial charge in [0.2, 0.25) is 5.91 Å². The largest absolute Gasteiger partial charge is 0.397 e. The predicted octanol–water partition coefficient (Wildman–Crippen LogP) is -0.551. The third-order valence-corrected chi connectivity index (χ3v) is 5.07. The number of aliphatic hydroxyl groups is 2. The number of hydrogen-bond acceptors (Lipinski definition) is 8. The van der Waals surface area contributed by atoms with E-state index in [1.807, 2.05) is 6.07 Å². The second-order valence-electron chi connectivity index (χ2n) is 6.89. The number of anilines is 1. The number of rotatable bonds is 5. The molecule has 0 aliphatic carbocycles. The molecule has 3 heterocycles. The van der Waals surface area contributed by atoms with Gasteiger partial charge in [-0.3, -0.25) is 9.36 Å². The summed E-state index contributed by atoms with van der Waals surface area (Å²) < 4.78 is 7.33. The topological polar surface area (TPSA) is 162 Å². The maximum absolute atomic E-state index is 12.6. The lowest BCUT2D eigenvalue weighted by molar-refractivity contribution is -0.124. The van der Waals surface area contributed by atoms with Crippen molar-refractivity contribution in [2.75, 3.05) is 12.3 Å². The summed E-state index contributed by atoms with van der Waals surface area (Å²) in [5.74, 6) is -0.485. The minimum absolute atomic E-state index is 0.402. The first-order chi connectivity index (χ1) is 14.0. The summed E-state index contributed by atoms with van der Waals surface area (Å²) in [7, 11) is 0. The van der Waals surface area contributed by atoms with Crippen LogP contribution in [0.2, 0.25) is 0 Å². The van der Waals surface area contributed by atoms with Gasteiger partial charge in [0.15, 0.2) is 11.9 Å². The Labute approximate surface area is 166 Å². The molecule has 0 radical (unpaired) electrons. The van der Waals surface area contributed by atoms with Crippen LogP contribution < -0.4 is 16.8 Å². The number of nitrogens with one attached hydrogen (secondary N) is 1. The van der Waals surface area contributed by atoms with Crippen LogP contribution in [0.4, 0.5) is 5.69 Å². The van der Waals surface area contributed by atoms with E-state index in [0.717, 1.165) is 0 Å². The number of nitrogen functional groups attached to an aromatic ring is 1. The molecule has 29 heavy (non-hydrogen) atoms. The third kappa shape index (κ3) is 3.42. The van der Waals surface area contributed by atoms with Crippen molar-refractivity contribution in [2.24, 2.45) is 5.73 Å². The zero-order valence-corrected chi connectivity index (χ0v) is 15.4. The molecule has 0 saturated carbocycles. The van der Waals surface area contributed by atoms with E-state index in [-0.39, 0.29) is 0 Å². The van der Waals surface area contributed by atoms with Crippen molar-refractivity contribution in [1.82, 2.24) is 19.9 Å². The Kier molecular flexibility index (Phi) is 5.16. The summed E-state index contributed by atoms with van der Waals surface area (Å²) in [5, 5.41) is 23.3. The number of nitrogens with zero attached hydrogens (tertiary/aromatic N) is 3. The van der Waals surface area contributed by atoms with Crippen LogP contribution in [-0.2, 0) is 9.53 Å². The van der Waals surface area contributed by atoms with Gasteiger partial charge in [0, 0.05) is 6.20 Å². The first kappa shape index (κ1) is 19.3. The lowest BCUT2D eigenvalue weighted by Gasteiger charge is -2.23. The SMILES string of the molecule is Nc1ccnc2c1ncn2[C@@H]1O[C@H](CO)[C@H](NC(=O)C(N)c2ccccc2)C1O. The molecule has 3 aromatic rings. The molecule has 1 aliphatic heterocycles. The van der Waals surface area contributed by atoms with Gasteiger partial charge in [-0.25, -0.2) is 9.97 Å². The highest BCUT2D eigenvalue weighted by molar-refractivity contribution is 5.84. The van der Waals surface area contributed by atoms with E-state index in [9.17, 15) is 15.0 Å². The molecule has 4 rings (SSSR count). The summed E-state index contributed by atoms with van der Waals surface area (Å²) >= 11 is 0. The standard InChI is InChI=1S/C19H22N6O4/c20-11-6-7-22-17-14(11)23-9-25(17)19-16(27)15(12(8-26)29-19)24-18(28)13(21)10-4-2-1-3-5-10/h1-7,9,12-13,15-16,19,26-27H,8,21H2,(H2,20,22)(H,24,28)/t12-,13?,15+,16?,19-/m1/s1. The van der Waals surface area contributed by atoms with Gasteiger partial charge in [0.25, 0.3) is 0 Å². The molecule has 7 N–H and O–H groups in total. The molecule has 152 valence electrons. The molecule has 10 heteroatoms. The minimum Gasteiger partial charge on any atom is -0.397 e. The summed E-state index contributed by atoms with van der Waals surface area (Å²) in [6.45, 7) is -0.402. The van der Waals surface area contributed by atoms with Crippen LogP contribution in [0.15, 0.2) is 48.9 Å². The molecule has 1 fully saturated rings. The summed E-state index contributed by atoms with van der Waals surface area (Å²) in [4.78, 5) is 21.1. The van der Waals surface area contributed by atoms with Crippen molar-refractivity contribution < 1.29 is 19.7 Å². The fourth-order valence-corrected chi connectivity index (χ4v) is 3.51. The quantitative estimate of drug-likeness (QED) is 0.382. The van der Waals surface area contributed by atoms with Crippen molar-refractivity contribution in [2.45, 2.75) is 30.5 Å². The molecule has 10 nitrogen and oxygen atoms in total. The Morgan fingerprint density at radius 3 is 2.76 bits per heavy atom. The van der Waals surface area contributed by atoms with Gasteiger partial charge in [-0.1, -0.05) is 30.3 Å². The van der Waals surface area contributed by atoms with Crippen LogP contribution in [0.3, 0.4) is 0 Å².